The molecule has 4 N–H and O–H groups in total. The first-order valence-corrected chi connectivity index (χ1v) is 7.02. The van der Waals surface area contributed by atoms with E-state index in [1.807, 2.05) is 6.92 Å². The zero-order valence-corrected chi connectivity index (χ0v) is 12.5. The molecule has 1 rings (SSSR count). The number of carbonyl (C=O) groups excluding carboxylic acids is 2. The van der Waals surface area contributed by atoms with Gasteiger partial charge in [0.1, 0.15) is 0 Å². The SMILES string of the molecule is CCCNC(=O)c1cccc(NC(=O)C(N)CCOC)c1. The lowest BCUT2D eigenvalue weighted by Crippen LogP contribution is -2.36. The number of ether oxygens (including phenoxy) is 1. The van der Waals surface area contributed by atoms with Crippen molar-refractivity contribution < 1.29 is 14.3 Å². The lowest BCUT2D eigenvalue weighted by Gasteiger charge is -2.12. The van der Waals surface area contributed by atoms with E-state index in [0.29, 0.717) is 30.8 Å². The summed E-state index contributed by atoms with van der Waals surface area (Å²) in [7, 11) is 1.56. The number of nitrogens with one attached hydrogen (secondary N) is 2. The number of hydrogen-bond acceptors (Lipinski definition) is 4. The van der Waals surface area contributed by atoms with Crippen molar-refractivity contribution in [2.45, 2.75) is 25.8 Å². The van der Waals surface area contributed by atoms with Crippen molar-refractivity contribution in [3.05, 3.63) is 29.8 Å². The van der Waals surface area contributed by atoms with Crippen LogP contribution in [0, 0.1) is 0 Å². The highest BCUT2D eigenvalue weighted by molar-refractivity contribution is 5.98. The summed E-state index contributed by atoms with van der Waals surface area (Å²) in [4.78, 5) is 23.7. The van der Waals surface area contributed by atoms with Crippen molar-refractivity contribution in [1.29, 1.82) is 0 Å². The lowest BCUT2D eigenvalue weighted by molar-refractivity contribution is -0.117. The quantitative estimate of drug-likeness (QED) is 0.670. The molecule has 2 amide bonds. The molecular formula is C15H23N3O3. The maximum atomic E-state index is 11.9. The highest BCUT2D eigenvalue weighted by Gasteiger charge is 2.14. The summed E-state index contributed by atoms with van der Waals surface area (Å²) < 4.78 is 4.89. The fourth-order valence-electron chi connectivity index (χ4n) is 1.69. The Hall–Kier alpha value is -1.92. The molecule has 0 aliphatic heterocycles. The smallest absolute Gasteiger partial charge is 0.251 e. The second-order valence-electron chi connectivity index (χ2n) is 4.71. The van der Waals surface area contributed by atoms with Crippen LogP contribution in [0.4, 0.5) is 5.69 Å². The van der Waals surface area contributed by atoms with E-state index >= 15 is 0 Å². The Morgan fingerprint density at radius 1 is 1.38 bits per heavy atom. The molecule has 0 saturated carbocycles. The van der Waals surface area contributed by atoms with Gasteiger partial charge in [-0.1, -0.05) is 13.0 Å². The molecule has 1 atom stereocenters. The van der Waals surface area contributed by atoms with Crippen LogP contribution in [-0.2, 0) is 9.53 Å². The minimum absolute atomic E-state index is 0.156. The molecule has 0 aliphatic rings. The van der Waals surface area contributed by atoms with Gasteiger partial charge in [-0.05, 0) is 31.0 Å². The van der Waals surface area contributed by atoms with Gasteiger partial charge >= 0.3 is 0 Å². The molecule has 0 spiro atoms. The topological polar surface area (TPSA) is 93.5 Å². The van der Waals surface area contributed by atoms with Gasteiger partial charge in [0.05, 0.1) is 6.04 Å². The summed E-state index contributed by atoms with van der Waals surface area (Å²) >= 11 is 0. The van der Waals surface area contributed by atoms with E-state index in [-0.39, 0.29) is 11.8 Å². The molecule has 0 bridgehead atoms. The summed E-state index contributed by atoms with van der Waals surface area (Å²) in [5.41, 5.74) is 6.80. The zero-order chi connectivity index (χ0) is 15.7. The van der Waals surface area contributed by atoms with Crippen LogP contribution in [0.15, 0.2) is 24.3 Å². The third kappa shape index (κ3) is 5.93. The number of rotatable bonds is 8. The maximum absolute atomic E-state index is 11.9. The van der Waals surface area contributed by atoms with Gasteiger partial charge in [-0.15, -0.1) is 0 Å². The molecule has 0 aliphatic carbocycles. The number of hydrogen-bond donors (Lipinski definition) is 3. The molecule has 1 unspecified atom stereocenters. The summed E-state index contributed by atoms with van der Waals surface area (Å²) in [5, 5.41) is 5.49. The molecule has 6 heteroatoms. The van der Waals surface area contributed by atoms with E-state index in [0.717, 1.165) is 6.42 Å². The third-order valence-electron chi connectivity index (χ3n) is 2.90. The first-order valence-electron chi connectivity index (χ1n) is 7.02. The minimum Gasteiger partial charge on any atom is -0.385 e. The number of anilines is 1. The molecule has 21 heavy (non-hydrogen) atoms. The largest absolute Gasteiger partial charge is 0.385 e. The third-order valence-corrected chi connectivity index (χ3v) is 2.90. The van der Waals surface area contributed by atoms with E-state index in [2.05, 4.69) is 10.6 Å². The van der Waals surface area contributed by atoms with Crippen LogP contribution in [-0.4, -0.2) is 38.1 Å². The molecule has 0 radical (unpaired) electrons. The molecular weight excluding hydrogens is 270 g/mol. The van der Waals surface area contributed by atoms with E-state index in [4.69, 9.17) is 10.5 Å². The first kappa shape index (κ1) is 17.1. The fraction of sp³-hybridized carbons (Fsp3) is 0.467. The summed E-state index contributed by atoms with van der Waals surface area (Å²) in [6.45, 7) is 3.03. The van der Waals surface area contributed by atoms with Crippen LogP contribution in [0.2, 0.25) is 0 Å². The average molecular weight is 293 g/mol. The summed E-state index contributed by atoms with van der Waals surface area (Å²) in [6.07, 6.45) is 1.32. The molecule has 0 aromatic heterocycles. The van der Waals surface area contributed by atoms with Gasteiger partial charge in [0.2, 0.25) is 5.91 Å². The predicted octanol–water partition coefficient (Wildman–Crippen LogP) is 1.13. The normalized spacial score (nSPS) is 11.8. The van der Waals surface area contributed by atoms with Gasteiger partial charge < -0.3 is 21.1 Å². The second-order valence-corrected chi connectivity index (χ2v) is 4.71. The van der Waals surface area contributed by atoms with E-state index in [1.54, 1.807) is 31.4 Å². The van der Waals surface area contributed by atoms with E-state index < -0.39 is 6.04 Å². The Balaban J connectivity index is 2.63. The van der Waals surface area contributed by atoms with Gasteiger partial charge in [0.15, 0.2) is 0 Å². The second kappa shape index (κ2) is 9.10. The van der Waals surface area contributed by atoms with Crippen molar-refractivity contribution >= 4 is 17.5 Å². The van der Waals surface area contributed by atoms with Gasteiger partial charge in [-0.25, -0.2) is 0 Å². The Bertz CT molecular complexity index is 477. The van der Waals surface area contributed by atoms with E-state index in [1.165, 1.54) is 0 Å². The van der Waals surface area contributed by atoms with Crippen molar-refractivity contribution in [2.75, 3.05) is 25.6 Å². The van der Waals surface area contributed by atoms with E-state index in [9.17, 15) is 9.59 Å². The maximum Gasteiger partial charge on any atom is 0.251 e. The number of methoxy groups -OCH3 is 1. The average Bonchev–Trinajstić information content (AvgIpc) is 2.50. The van der Waals surface area contributed by atoms with Crippen molar-refractivity contribution in [3.63, 3.8) is 0 Å². The van der Waals surface area contributed by atoms with Crippen LogP contribution in [0.5, 0.6) is 0 Å². The van der Waals surface area contributed by atoms with Gasteiger partial charge in [0, 0.05) is 31.5 Å². The predicted molar refractivity (Wildman–Crippen MR) is 82.2 cm³/mol. The Kier molecular flexibility index (Phi) is 7.42. The molecule has 1 aromatic rings. The fourth-order valence-corrected chi connectivity index (χ4v) is 1.69. The molecule has 0 fully saturated rings. The van der Waals surface area contributed by atoms with Gasteiger partial charge in [-0.2, -0.15) is 0 Å². The zero-order valence-electron chi connectivity index (χ0n) is 12.5. The van der Waals surface area contributed by atoms with Gasteiger partial charge in [-0.3, -0.25) is 9.59 Å². The molecule has 0 saturated heterocycles. The number of benzene rings is 1. The lowest BCUT2D eigenvalue weighted by atomic mass is 10.1. The first-order chi connectivity index (χ1) is 10.1. The van der Waals surface area contributed by atoms with Crippen molar-refractivity contribution in [3.8, 4) is 0 Å². The van der Waals surface area contributed by atoms with Gasteiger partial charge in [0.25, 0.3) is 5.91 Å². The Morgan fingerprint density at radius 3 is 2.81 bits per heavy atom. The molecule has 0 heterocycles. The van der Waals surface area contributed by atoms with Crippen molar-refractivity contribution in [2.24, 2.45) is 5.73 Å². The molecule has 6 nitrogen and oxygen atoms in total. The molecule has 1 aromatic carbocycles. The molecule has 116 valence electrons. The Labute approximate surface area is 125 Å². The number of carbonyl (C=O) groups is 2. The summed E-state index contributed by atoms with van der Waals surface area (Å²) in [5.74, 6) is -0.449. The van der Waals surface area contributed by atoms with Crippen molar-refractivity contribution in [1.82, 2.24) is 5.32 Å². The number of amides is 2. The van der Waals surface area contributed by atoms with Crippen LogP contribution < -0.4 is 16.4 Å². The number of nitrogens with two attached hydrogens (primary N) is 1. The minimum atomic E-state index is -0.637. The standard InChI is InChI=1S/C15H23N3O3/c1-3-8-17-14(19)11-5-4-6-12(10-11)18-15(20)13(16)7-9-21-2/h4-6,10,13H,3,7-9,16H2,1-2H3,(H,17,19)(H,18,20). The summed E-state index contributed by atoms with van der Waals surface area (Å²) in [6, 6.07) is 6.13. The van der Waals surface area contributed by atoms with Crippen LogP contribution in [0.25, 0.3) is 0 Å². The Morgan fingerprint density at radius 2 is 2.14 bits per heavy atom. The monoisotopic (exact) mass is 293 g/mol. The van der Waals surface area contributed by atoms with Crippen LogP contribution in [0.3, 0.4) is 0 Å². The van der Waals surface area contributed by atoms with Crippen LogP contribution >= 0.6 is 0 Å². The highest BCUT2D eigenvalue weighted by Crippen LogP contribution is 2.11. The highest BCUT2D eigenvalue weighted by atomic mass is 16.5. The van der Waals surface area contributed by atoms with Crippen LogP contribution in [0.1, 0.15) is 30.1 Å².